The first kappa shape index (κ1) is 14.8. The lowest BCUT2D eigenvalue weighted by atomic mass is 10.2. The molecule has 1 radical (unpaired) electrons. The summed E-state index contributed by atoms with van der Waals surface area (Å²) in [4.78, 5) is 0. The molecule has 0 aromatic carbocycles. The number of hydrogen-bond acceptors (Lipinski definition) is 4. The van der Waals surface area contributed by atoms with Crippen molar-refractivity contribution in [1.82, 2.24) is 9.44 Å². The molecule has 0 aliphatic heterocycles. The Morgan fingerprint density at radius 1 is 1.00 bits per heavy atom. The molecule has 0 fully saturated rings. The monoisotopic (exact) mass is 257 g/mol. The second-order valence-electron chi connectivity index (χ2n) is 3.33. The summed E-state index contributed by atoms with van der Waals surface area (Å²) in [6.07, 6.45) is 3.96. The second-order valence-corrected chi connectivity index (χ2v) is 6.83. The molecule has 0 saturated carbocycles. The smallest absolute Gasteiger partial charge is 0.210 e. The van der Waals surface area contributed by atoms with Gasteiger partial charge in [-0.3, -0.25) is 0 Å². The van der Waals surface area contributed by atoms with Gasteiger partial charge in [0.1, 0.15) is 6.17 Å². The fraction of sp³-hybridized carbons (Fsp3) is 0.857. The molecule has 0 rings (SSSR count). The van der Waals surface area contributed by atoms with Crippen molar-refractivity contribution in [3.8, 4) is 0 Å². The molecule has 2 N–H and O–H groups in total. The molecule has 0 bridgehead atoms. The van der Waals surface area contributed by atoms with Crippen molar-refractivity contribution in [3.05, 3.63) is 6.17 Å². The molecule has 0 heterocycles. The van der Waals surface area contributed by atoms with E-state index in [0.29, 0.717) is 12.8 Å². The summed E-state index contributed by atoms with van der Waals surface area (Å²) in [6, 6.07) is 0. The van der Waals surface area contributed by atoms with Crippen LogP contribution < -0.4 is 9.44 Å². The van der Waals surface area contributed by atoms with E-state index in [9.17, 15) is 16.8 Å². The van der Waals surface area contributed by atoms with E-state index in [0.717, 1.165) is 18.9 Å². The first-order valence-corrected chi connectivity index (χ1v) is 8.23. The van der Waals surface area contributed by atoms with Gasteiger partial charge in [-0.15, -0.1) is 0 Å². The fourth-order valence-electron chi connectivity index (χ4n) is 0.924. The van der Waals surface area contributed by atoms with Crippen molar-refractivity contribution in [2.24, 2.45) is 0 Å². The molecule has 0 aromatic heterocycles. The van der Waals surface area contributed by atoms with Gasteiger partial charge in [0.15, 0.2) is 0 Å². The second kappa shape index (κ2) is 5.78. The molecule has 0 spiro atoms. The molecule has 0 aromatic rings. The zero-order valence-corrected chi connectivity index (χ0v) is 10.7. The zero-order chi connectivity index (χ0) is 12.1. The van der Waals surface area contributed by atoms with Crippen LogP contribution in [0.3, 0.4) is 0 Å². The van der Waals surface area contributed by atoms with Crippen LogP contribution in [-0.4, -0.2) is 29.3 Å². The van der Waals surface area contributed by atoms with Crippen molar-refractivity contribution >= 4 is 20.0 Å². The number of nitrogens with one attached hydrogen (secondary N) is 2. The molecule has 0 amide bonds. The minimum Gasteiger partial charge on any atom is -0.213 e. The van der Waals surface area contributed by atoms with Crippen LogP contribution in [0.4, 0.5) is 0 Å². The SMILES string of the molecule is CCCC[C](NS(C)(=O)=O)NS(C)(=O)=O. The van der Waals surface area contributed by atoms with Crippen molar-refractivity contribution in [3.63, 3.8) is 0 Å². The van der Waals surface area contributed by atoms with Crippen LogP contribution in [0.15, 0.2) is 0 Å². The van der Waals surface area contributed by atoms with Crippen molar-refractivity contribution < 1.29 is 16.8 Å². The molecule has 0 atom stereocenters. The summed E-state index contributed by atoms with van der Waals surface area (Å²) in [5.74, 6) is 0. The third-order valence-electron chi connectivity index (χ3n) is 1.40. The Morgan fingerprint density at radius 3 is 1.67 bits per heavy atom. The summed E-state index contributed by atoms with van der Waals surface area (Å²) in [5, 5.41) is 0. The maximum absolute atomic E-state index is 10.9. The first-order valence-electron chi connectivity index (χ1n) is 4.45. The maximum atomic E-state index is 10.9. The average molecular weight is 257 g/mol. The molecule has 6 nitrogen and oxygen atoms in total. The normalized spacial score (nSPS) is 13.3. The van der Waals surface area contributed by atoms with E-state index in [1.165, 1.54) is 0 Å². The average Bonchev–Trinajstić information content (AvgIpc) is 1.94. The lowest BCUT2D eigenvalue weighted by molar-refractivity contribution is 0.556. The quantitative estimate of drug-likeness (QED) is 0.658. The molecule has 91 valence electrons. The van der Waals surface area contributed by atoms with E-state index >= 15 is 0 Å². The molecular weight excluding hydrogens is 240 g/mol. The van der Waals surface area contributed by atoms with E-state index in [-0.39, 0.29) is 6.17 Å². The Morgan fingerprint density at radius 2 is 1.40 bits per heavy atom. The van der Waals surface area contributed by atoms with Gasteiger partial charge in [-0.1, -0.05) is 19.8 Å². The number of hydrogen-bond donors (Lipinski definition) is 2. The van der Waals surface area contributed by atoms with Crippen LogP contribution in [0.1, 0.15) is 26.2 Å². The van der Waals surface area contributed by atoms with E-state index in [4.69, 9.17) is 0 Å². The Balaban J connectivity index is 4.45. The Labute approximate surface area is 91.6 Å². The lowest BCUT2D eigenvalue weighted by Crippen LogP contribution is -2.40. The van der Waals surface area contributed by atoms with Crippen LogP contribution in [0.5, 0.6) is 0 Å². The topological polar surface area (TPSA) is 92.3 Å². The first-order chi connectivity index (χ1) is 6.64. The van der Waals surface area contributed by atoms with Crippen molar-refractivity contribution in [1.29, 1.82) is 0 Å². The van der Waals surface area contributed by atoms with Gasteiger partial charge in [0, 0.05) is 0 Å². The van der Waals surface area contributed by atoms with Crippen molar-refractivity contribution in [2.75, 3.05) is 12.5 Å². The standard InChI is InChI=1S/C7H17N2O4S2/c1-4-5-6-7(8-14(2,10)11)9-15(3,12)13/h8-9H,4-6H2,1-3H3. The van der Waals surface area contributed by atoms with Crippen molar-refractivity contribution in [2.45, 2.75) is 26.2 Å². The summed E-state index contributed by atoms with van der Waals surface area (Å²) in [5.41, 5.74) is 0. The highest BCUT2D eigenvalue weighted by atomic mass is 32.2. The predicted molar refractivity (Wildman–Crippen MR) is 58.7 cm³/mol. The molecule has 0 aliphatic carbocycles. The lowest BCUT2D eigenvalue weighted by Gasteiger charge is -2.15. The van der Waals surface area contributed by atoms with Gasteiger partial charge in [-0.25, -0.2) is 16.8 Å². The highest BCUT2D eigenvalue weighted by Gasteiger charge is 2.18. The van der Waals surface area contributed by atoms with Crippen LogP contribution in [0.25, 0.3) is 0 Å². The van der Waals surface area contributed by atoms with Gasteiger partial charge in [-0.2, -0.15) is 9.44 Å². The summed E-state index contributed by atoms with van der Waals surface area (Å²) in [7, 11) is -6.88. The van der Waals surface area contributed by atoms with Gasteiger partial charge in [0.25, 0.3) is 0 Å². The highest BCUT2D eigenvalue weighted by molar-refractivity contribution is 7.89. The minimum atomic E-state index is -3.44. The molecule has 0 aliphatic rings. The maximum Gasteiger partial charge on any atom is 0.210 e. The summed E-state index contributed by atoms with van der Waals surface area (Å²) in [6.45, 7) is 1.93. The molecule has 0 unspecified atom stereocenters. The highest BCUT2D eigenvalue weighted by Crippen LogP contribution is 2.06. The zero-order valence-electron chi connectivity index (χ0n) is 9.07. The van der Waals surface area contributed by atoms with Crippen LogP contribution in [0.2, 0.25) is 0 Å². The third kappa shape index (κ3) is 10.1. The summed E-state index contributed by atoms with van der Waals surface area (Å²) >= 11 is 0. The van der Waals surface area contributed by atoms with E-state index < -0.39 is 20.0 Å². The van der Waals surface area contributed by atoms with E-state index in [1.807, 2.05) is 6.92 Å². The molecule has 8 heteroatoms. The van der Waals surface area contributed by atoms with Gasteiger partial charge >= 0.3 is 0 Å². The van der Waals surface area contributed by atoms with Gasteiger partial charge < -0.3 is 0 Å². The van der Waals surface area contributed by atoms with Gasteiger partial charge in [-0.05, 0) is 6.42 Å². The predicted octanol–water partition coefficient (Wildman–Crippen LogP) is -0.236. The van der Waals surface area contributed by atoms with Crippen LogP contribution >= 0.6 is 0 Å². The molecular formula is C7H17N2O4S2. The number of rotatable bonds is 7. The van der Waals surface area contributed by atoms with Gasteiger partial charge in [0.05, 0.1) is 12.5 Å². The number of sulfonamides is 2. The van der Waals surface area contributed by atoms with E-state index in [1.54, 1.807) is 0 Å². The van der Waals surface area contributed by atoms with E-state index in [2.05, 4.69) is 9.44 Å². The molecule has 15 heavy (non-hydrogen) atoms. The third-order valence-corrected chi connectivity index (χ3v) is 2.63. The van der Waals surface area contributed by atoms with Gasteiger partial charge in [0.2, 0.25) is 20.0 Å². The Kier molecular flexibility index (Phi) is 5.71. The van der Waals surface area contributed by atoms with Crippen LogP contribution in [0, 0.1) is 6.17 Å². The Hall–Kier alpha value is -0.180. The Bertz CT molecular complexity index is 340. The minimum absolute atomic E-state index is 0.0989. The molecule has 0 saturated heterocycles. The largest absolute Gasteiger partial charge is 0.213 e. The fourth-order valence-corrected chi connectivity index (χ4v) is 2.19. The van der Waals surface area contributed by atoms with Crippen LogP contribution in [-0.2, 0) is 20.0 Å². The number of unbranched alkanes of at least 4 members (excludes halogenated alkanes) is 1. The summed E-state index contributed by atoms with van der Waals surface area (Å²) < 4.78 is 48.0.